The van der Waals surface area contributed by atoms with Gasteiger partial charge in [0.1, 0.15) is 0 Å². The quantitative estimate of drug-likeness (QED) is 0.164. The van der Waals surface area contributed by atoms with Gasteiger partial charge in [-0.25, -0.2) is 0 Å². The molecule has 0 fully saturated rings. The third-order valence-corrected chi connectivity index (χ3v) is 11.0. The zero-order valence-electron chi connectivity index (χ0n) is 31.7. The molecule has 3 nitrogen and oxygen atoms in total. The molecule has 2 heterocycles. The molecular formula is C49H33F6N3. The molecule has 0 aliphatic carbocycles. The van der Waals surface area contributed by atoms with Crippen LogP contribution in [0.25, 0.3) is 77.2 Å². The Balaban J connectivity index is 1.50. The minimum absolute atomic E-state index is 0.0178. The van der Waals surface area contributed by atoms with Gasteiger partial charge in [-0.1, -0.05) is 70.8 Å². The van der Waals surface area contributed by atoms with Crippen LogP contribution < -0.4 is 0 Å². The van der Waals surface area contributed by atoms with Crippen LogP contribution in [0.15, 0.2) is 127 Å². The molecule has 9 heteroatoms. The second kappa shape index (κ2) is 13.1. The maximum Gasteiger partial charge on any atom is 0.417 e. The lowest BCUT2D eigenvalue weighted by atomic mass is 9.86. The first-order chi connectivity index (χ1) is 27.6. The molecule has 9 rings (SSSR count). The predicted molar refractivity (Wildman–Crippen MR) is 220 cm³/mol. The summed E-state index contributed by atoms with van der Waals surface area (Å²) in [7, 11) is 0. The number of fused-ring (bicyclic) bond motifs is 6. The normalized spacial score (nSPS) is 12.3. The van der Waals surface area contributed by atoms with Crippen LogP contribution in [-0.2, 0) is 12.4 Å². The fraction of sp³-hybridized carbons (Fsp3) is 0.122. The van der Waals surface area contributed by atoms with Crippen LogP contribution in [0.4, 0.5) is 26.3 Å². The van der Waals surface area contributed by atoms with E-state index in [0.29, 0.717) is 23.0 Å². The highest BCUT2D eigenvalue weighted by molar-refractivity contribution is 6.13. The number of halogens is 6. The van der Waals surface area contributed by atoms with E-state index >= 15 is 13.2 Å². The summed E-state index contributed by atoms with van der Waals surface area (Å²) in [6.45, 7) is 7.97. The minimum Gasteiger partial charge on any atom is -0.309 e. The van der Waals surface area contributed by atoms with Crippen molar-refractivity contribution in [2.45, 2.75) is 40.0 Å². The lowest BCUT2D eigenvalue weighted by Gasteiger charge is -2.24. The van der Waals surface area contributed by atoms with Gasteiger partial charge in [-0.05, 0) is 118 Å². The zero-order valence-corrected chi connectivity index (χ0v) is 31.7. The van der Waals surface area contributed by atoms with E-state index in [1.54, 1.807) is 24.3 Å². The van der Waals surface area contributed by atoms with Crippen molar-refractivity contribution in [1.29, 1.82) is 5.26 Å². The fourth-order valence-electron chi connectivity index (χ4n) is 8.51. The molecule has 0 N–H and O–H groups in total. The average Bonchev–Trinajstić information content (AvgIpc) is 3.67. The highest BCUT2D eigenvalue weighted by Gasteiger charge is 2.39. The number of aryl methyl sites for hydroxylation is 4. The predicted octanol–water partition coefficient (Wildman–Crippen LogP) is 14.4. The van der Waals surface area contributed by atoms with Gasteiger partial charge in [0.25, 0.3) is 0 Å². The summed E-state index contributed by atoms with van der Waals surface area (Å²) in [6, 6.07) is 38.3. The second-order valence-corrected chi connectivity index (χ2v) is 15.0. The molecule has 0 aliphatic heterocycles. The monoisotopic (exact) mass is 777 g/mol. The van der Waals surface area contributed by atoms with Crippen molar-refractivity contribution >= 4 is 43.6 Å². The van der Waals surface area contributed by atoms with Gasteiger partial charge in [0.15, 0.2) is 0 Å². The summed E-state index contributed by atoms with van der Waals surface area (Å²) in [5.41, 5.74) is 5.71. The van der Waals surface area contributed by atoms with Crippen molar-refractivity contribution in [3.8, 4) is 39.7 Å². The first-order valence-corrected chi connectivity index (χ1v) is 18.6. The lowest BCUT2D eigenvalue weighted by molar-refractivity contribution is -0.142. The van der Waals surface area contributed by atoms with Crippen molar-refractivity contribution in [3.05, 3.63) is 166 Å². The van der Waals surface area contributed by atoms with Gasteiger partial charge in [0, 0.05) is 32.7 Å². The lowest BCUT2D eigenvalue weighted by Crippen LogP contribution is -2.13. The van der Waals surface area contributed by atoms with Gasteiger partial charge in [-0.15, -0.1) is 0 Å². The number of benzene rings is 7. The number of hydrogen-bond acceptors (Lipinski definition) is 1. The molecular weight excluding hydrogens is 745 g/mol. The third kappa shape index (κ3) is 5.82. The molecule has 58 heavy (non-hydrogen) atoms. The molecule has 0 atom stereocenters. The molecule has 2 aromatic heterocycles. The standard InChI is InChI=1S/C49H33F6N3/c1-27-11-17-40-35(21-27)36-22-28(2)12-18-41(36)57(40)44-9-5-7-31(26-56)46(44)47-34(33-16-15-32(48(50,51)52)25-39(33)49(53,54)55)8-6-10-45(47)58-42-19-13-29(3)23-37(42)38-24-30(4)14-20-43(38)58/h5-25H,1-4H3. The number of alkyl halides is 6. The third-order valence-electron chi connectivity index (χ3n) is 11.0. The molecule has 0 bridgehead atoms. The number of aromatic nitrogens is 2. The Labute approximate surface area is 329 Å². The van der Waals surface area contributed by atoms with E-state index in [0.717, 1.165) is 71.9 Å². The average molecular weight is 778 g/mol. The molecule has 0 saturated carbocycles. The summed E-state index contributed by atoms with van der Waals surface area (Å²) in [4.78, 5) is 0. The summed E-state index contributed by atoms with van der Waals surface area (Å²) < 4.78 is 91.5. The Kier molecular flexibility index (Phi) is 8.34. The van der Waals surface area contributed by atoms with Gasteiger partial charge in [-0.3, -0.25) is 0 Å². The van der Waals surface area contributed by atoms with Gasteiger partial charge >= 0.3 is 12.4 Å². The van der Waals surface area contributed by atoms with Gasteiger partial charge in [0.2, 0.25) is 0 Å². The molecule has 9 aromatic rings. The number of nitrogens with zero attached hydrogens (tertiary/aromatic N) is 3. The molecule has 0 radical (unpaired) electrons. The summed E-state index contributed by atoms with van der Waals surface area (Å²) in [6.07, 6.45) is -10.2. The Morgan fingerprint density at radius 3 is 1.29 bits per heavy atom. The van der Waals surface area contributed by atoms with Crippen molar-refractivity contribution < 1.29 is 26.3 Å². The van der Waals surface area contributed by atoms with Crippen molar-refractivity contribution in [2.75, 3.05) is 0 Å². The fourth-order valence-corrected chi connectivity index (χ4v) is 8.51. The van der Waals surface area contributed by atoms with Crippen LogP contribution in [-0.4, -0.2) is 9.13 Å². The van der Waals surface area contributed by atoms with E-state index in [9.17, 15) is 18.4 Å². The molecule has 0 aliphatic rings. The van der Waals surface area contributed by atoms with E-state index in [1.165, 1.54) is 6.07 Å². The molecule has 7 aromatic carbocycles. The Hall–Kier alpha value is -6.79. The van der Waals surface area contributed by atoms with E-state index in [1.807, 2.05) is 91.4 Å². The Morgan fingerprint density at radius 1 is 0.448 bits per heavy atom. The summed E-state index contributed by atoms with van der Waals surface area (Å²) >= 11 is 0. The van der Waals surface area contributed by atoms with E-state index in [4.69, 9.17) is 0 Å². The van der Waals surface area contributed by atoms with Crippen LogP contribution in [0, 0.1) is 39.0 Å². The Morgan fingerprint density at radius 2 is 0.879 bits per heavy atom. The van der Waals surface area contributed by atoms with Gasteiger partial charge in [0.05, 0.1) is 56.2 Å². The maximum absolute atomic E-state index is 15.1. The first-order valence-electron chi connectivity index (χ1n) is 18.6. The smallest absolute Gasteiger partial charge is 0.309 e. The molecule has 0 spiro atoms. The Bertz CT molecular complexity index is 3090. The minimum atomic E-state index is -5.16. The summed E-state index contributed by atoms with van der Waals surface area (Å²) in [5.74, 6) is 0. The van der Waals surface area contributed by atoms with Crippen LogP contribution in [0.1, 0.15) is 38.9 Å². The van der Waals surface area contributed by atoms with Crippen molar-refractivity contribution in [1.82, 2.24) is 9.13 Å². The molecule has 0 amide bonds. The van der Waals surface area contributed by atoms with Gasteiger partial charge in [-0.2, -0.15) is 31.6 Å². The van der Waals surface area contributed by atoms with Gasteiger partial charge < -0.3 is 9.13 Å². The maximum atomic E-state index is 15.1. The van der Waals surface area contributed by atoms with Crippen LogP contribution >= 0.6 is 0 Å². The van der Waals surface area contributed by atoms with E-state index in [-0.39, 0.29) is 22.8 Å². The molecule has 0 unspecified atom stereocenters. The number of rotatable bonds is 4. The van der Waals surface area contributed by atoms with Crippen LogP contribution in [0.5, 0.6) is 0 Å². The zero-order chi connectivity index (χ0) is 40.8. The second-order valence-electron chi connectivity index (χ2n) is 15.0. The SMILES string of the molecule is Cc1ccc2c(c1)c1cc(C)ccc1n2-c1cccc(C#N)c1-c1c(-c2ccc(C(F)(F)F)cc2C(F)(F)F)cccc1-n1c2ccc(C)cc2c2cc(C)ccc21. The molecule has 0 saturated heterocycles. The van der Waals surface area contributed by atoms with Crippen LogP contribution in [0.2, 0.25) is 0 Å². The van der Waals surface area contributed by atoms with Crippen molar-refractivity contribution in [3.63, 3.8) is 0 Å². The topological polar surface area (TPSA) is 33.6 Å². The van der Waals surface area contributed by atoms with Crippen LogP contribution in [0.3, 0.4) is 0 Å². The number of hydrogen-bond donors (Lipinski definition) is 0. The molecule has 286 valence electrons. The highest BCUT2D eigenvalue weighted by Crippen LogP contribution is 2.49. The highest BCUT2D eigenvalue weighted by atomic mass is 19.4. The largest absolute Gasteiger partial charge is 0.417 e. The first kappa shape index (κ1) is 36.8. The van der Waals surface area contributed by atoms with Crippen molar-refractivity contribution in [2.24, 2.45) is 0 Å². The van der Waals surface area contributed by atoms with E-state index < -0.39 is 29.0 Å². The van der Waals surface area contributed by atoms with E-state index in [2.05, 4.69) is 30.3 Å². The number of nitriles is 1. The summed E-state index contributed by atoms with van der Waals surface area (Å²) in [5, 5.41) is 14.7.